The van der Waals surface area contributed by atoms with Gasteiger partial charge in [-0.1, -0.05) is 140 Å². The van der Waals surface area contributed by atoms with Crippen LogP contribution in [0.3, 0.4) is 0 Å². The highest BCUT2D eigenvalue weighted by Gasteiger charge is 2.24. The topological polar surface area (TPSA) is 35.6 Å². The molecule has 0 bridgehead atoms. The summed E-state index contributed by atoms with van der Waals surface area (Å²) in [5.74, 6) is 0.649. The Hall–Kier alpha value is -7.82. The van der Waals surface area contributed by atoms with Crippen molar-refractivity contribution >= 4 is 97.6 Å². The van der Waals surface area contributed by atoms with Crippen LogP contribution in [0.5, 0.6) is 0 Å². The zero-order valence-corrected chi connectivity index (χ0v) is 31.3. The molecule has 0 fully saturated rings. The number of para-hydroxylation sites is 1. The third-order valence-electron chi connectivity index (χ3n) is 12.2. The molecule has 0 amide bonds. The number of benzene rings is 10. The van der Waals surface area contributed by atoms with Gasteiger partial charge in [0.05, 0.1) is 33.3 Å². The van der Waals surface area contributed by atoms with Crippen LogP contribution in [-0.2, 0) is 0 Å². The summed E-state index contributed by atoms with van der Waals surface area (Å²) >= 11 is 0. The first kappa shape index (κ1) is 31.4. The molecule has 0 N–H and O–H groups in total. The van der Waals surface area contributed by atoms with Gasteiger partial charge in [0.1, 0.15) is 0 Å². The van der Waals surface area contributed by atoms with Gasteiger partial charge in [0.15, 0.2) is 0 Å². The normalized spacial score (nSPS) is 12.1. The molecule has 0 spiro atoms. The van der Waals surface area contributed by atoms with Crippen LogP contribution >= 0.6 is 0 Å². The average molecular weight is 737 g/mol. The molecule has 13 rings (SSSR count). The molecule has 0 radical (unpaired) electrons. The third-order valence-corrected chi connectivity index (χ3v) is 12.2. The van der Waals surface area contributed by atoms with Gasteiger partial charge in [0.25, 0.3) is 0 Å². The molecular weight excluding hydrogens is 705 g/mol. The van der Waals surface area contributed by atoms with Crippen molar-refractivity contribution in [1.82, 2.24) is 19.1 Å². The van der Waals surface area contributed by atoms with E-state index in [2.05, 4.69) is 203 Å². The first-order valence-electron chi connectivity index (χ1n) is 19.8. The molecule has 13 aromatic rings. The van der Waals surface area contributed by atoms with Gasteiger partial charge in [-0.25, -0.2) is 9.97 Å². The Morgan fingerprint density at radius 1 is 0.328 bits per heavy atom. The van der Waals surface area contributed by atoms with Crippen LogP contribution in [0, 0.1) is 0 Å². The van der Waals surface area contributed by atoms with E-state index in [1.54, 1.807) is 0 Å². The van der Waals surface area contributed by atoms with Crippen LogP contribution in [0.25, 0.3) is 120 Å². The zero-order chi connectivity index (χ0) is 37.9. The first-order valence-corrected chi connectivity index (χ1v) is 19.8. The van der Waals surface area contributed by atoms with E-state index in [-0.39, 0.29) is 0 Å². The molecule has 0 aliphatic rings. The Bertz CT molecular complexity index is 3850. The first-order chi connectivity index (χ1) is 28.7. The highest BCUT2D eigenvalue weighted by molar-refractivity contribution is 6.28. The smallest absolute Gasteiger partial charge is 0.235 e. The Morgan fingerprint density at radius 2 is 0.897 bits per heavy atom. The van der Waals surface area contributed by atoms with E-state index in [9.17, 15) is 0 Å². The second-order valence-electron chi connectivity index (χ2n) is 15.4. The monoisotopic (exact) mass is 736 g/mol. The van der Waals surface area contributed by atoms with E-state index in [0.29, 0.717) is 5.95 Å². The standard InChI is InChI=1S/C54H32N4/c1-2-19-41(20-3-1)57-47-27-26-43-45-29-36-15-6-8-17-38(36)31-48(45)58(53(43)50(47)46-30-37-16-7-9-18-39(37)32-49(46)57)54-55-51(40-23-22-33-12-4-5-14-35(33)28-40)44-25-24-34-13-10-11-21-42(34)52(44)56-54/h1-32H. The largest absolute Gasteiger partial charge is 0.309 e. The molecule has 10 aromatic carbocycles. The summed E-state index contributed by atoms with van der Waals surface area (Å²) < 4.78 is 4.78. The summed E-state index contributed by atoms with van der Waals surface area (Å²) in [4.78, 5) is 11.3. The molecule has 3 heterocycles. The van der Waals surface area contributed by atoms with Crippen molar-refractivity contribution in [1.29, 1.82) is 0 Å². The molecule has 0 unspecified atom stereocenters. The van der Waals surface area contributed by atoms with E-state index in [4.69, 9.17) is 9.97 Å². The fourth-order valence-corrected chi connectivity index (χ4v) is 9.55. The summed E-state index contributed by atoms with van der Waals surface area (Å²) in [5, 5.41) is 15.2. The van der Waals surface area contributed by atoms with Crippen molar-refractivity contribution < 1.29 is 0 Å². The van der Waals surface area contributed by atoms with Crippen LogP contribution in [-0.4, -0.2) is 19.1 Å². The Labute approximate surface area is 332 Å². The van der Waals surface area contributed by atoms with Gasteiger partial charge in [-0.2, -0.15) is 0 Å². The fraction of sp³-hybridized carbons (Fsp3) is 0. The number of aromatic nitrogens is 4. The van der Waals surface area contributed by atoms with Crippen molar-refractivity contribution in [2.45, 2.75) is 0 Å². The summed E-state index contributed by atoms with van der Waals surface area (Å²) in [6.07, 6.45) is 0. The number of rotatable bonds is 3. The molecule has 0 saturated heterocycles. The van der Waals surface area contributed by atoms with Crippen molar-refractivity contribution in [2.24, 2.45) is 0 Å². The maximum Gasteiger partial charge on any atom is 0.235 e. The van der Waals surface area contributed by atoms with Crippen molar-refractivity contribution in [2.75, 3.05) is 0 Å². The van der Waals surface area contributed by atoms with Gasteiger partial charge < -0.3 is 4.57 Å². The molecule has 0 atom stereocenters. The van der Waals surface area contributed by atoms with E-state index in [1.165, 1.54) is 53.9 Å². The average Bonchev–Trinajstić information content (AvgIpc) is 3.78. The van der Waals surface area contributed by atoms with Crippen molar-refractivity contribution in [3.8, 4) is 22.9 Å². The van der Waals surface area contributed by atoms with Crippen LogP contribution in [0.15, 0.2) is 194 Å². The Morgan fingerprint density at radius 3 is 1.64 bits per heavy atom. The van der Waals surface area contributed by atoms with Crippen LogP contribution in [0.1, 0.15) is 0 Å². The molecule has 4 heteroatoms. The lowest BCUT2D eigenvalue weighted by molar-refractivity contribution is 1.02. The predicted molar refractivity (Wildman–Crippen MR) is 244 cm³/mol. The zero-order valence-electron chi connectivity index (χ0n) is 31.3. The lowest BCUT2D eigenvalue weighted by Gasteiger charge is -2.14. The third kappa shape index (κ3) is 4.45. The minimum atomic E-state index is 0.649. The van der Waals surface area contributed by atoms with E-state index < -0.39 is 0 Å². The highest BCUT2D eigenvalue weighted by Crippen LogP contribution is 2.44. The number of hydrogen-bond donors (Lipinski definition) is 0. The quantitative estimate of drug-likeness (QED) is 0.169. The van der Waals surface area contributed by atoms with Gasteiger partial charge in [0, 0.05) is 43.6 Å². The number of hydrogen-bond acceptors (Lipinski definition) is 2. The Balaban J connectivity index is 1.25. The van der Waals surface area contributed by atoms with Crippen molar-refractivity contribution in [3.63, 3.8) is 0 Å². The maximum absolute atomic E-state index is 5.65. The van der Waals surface area contributed by atoms with E-state index >= 15 is 0 Å². The van der Waals surface area contributed by atoms with Crippen LogP contribution in [0.4, 0.5) is 0 Å². The number of nitrogens with zero attached hydrogens (tertiary/aromatic N) is 4. The molecule has 0 aliphatic heterocycles. The summed E-state index contributed by atoms with van der Waals surface area (Å²) in [6, 6.07) is 70.3. The van der Waals surface area contributed by atoms with Crippen LogP contribution in [0.2, 0.25) is 0 Å². The molecule has 4 nitrogen and oxygen atoms in total. The summed E-state index contributed by atoms with van der Waals surface area (Å²) in [6.45, 7) is 0. The highest BCUT2D eigenvalue weighted by atomic mass is 15.2. The molecule has 0 aliphatic carbocycles. The fourth-order valence-electron chi connectivity index (χ4n) is 9.55. The minimum Gasteiger partial charge on any atom is -0.309 e. The summed E-state index contributed by atoms with van der Waals surface area (Å²) in [5.41, 5.74) is 8.51. The van der Waals surface area contributed by atoms with Gasteiger partial charge in [0.2, 0.25) is 5.95 Å². The molecule has 58 heavy (non-hydrogen) atoms. The number of fused-ring (bicyclic) bond motifs is 13. The van der Waals surface area contributed by atoms with Crippen molar-refractivity contribution in [3.05, 3.63) is 194 Å². The molecule has 3 aromatic heterocycles. The van der Waals surface area contributed by atoms with Gasteiger partial charge in [-0.3, -0.25) is 4.57 Å². The maximum atomic E-state index is 5.65. The lowest BCUT2D eigenvalue weighted by Crippen LogP contribution is -2.04. The molecular formula is C54H32N4. The van der Waals surface area contributed by atoms with E-state index in [0.717, 1.165) is 60.7 Å². The molecule has 0 saturated carbocycles. The van der Waals surface area contributed by atoms with E-state index in [1.807, 2.05) is 0 Å². The summed E-state index contributed by atoms with van der Waals surface area (Å²) in [7, 11) is 0. The predicted octanol–water partition coefficient (Wildman–Crippen LogP) is 14.1. The minimum absolute atomic E-state index is 0.649. The Kier molecular flexibility index (Phi) is 6.41. The van der Waals surface area contributed by atoms with Gasteiger partial charge in [-0.15, -0.1) is 0 Å². The van der Waals surface area contributed by atoms with Gasteiger partial charge in [-0.05, 0) is 92.3 Å². The second kappa shape index (κ2) is 11.8. The van der Waals surface area contributed by atoms with Gasteiger partial charge >= 0.3 is 0 Å². The molecule has 268 valence electrons. The van der Waals surface area contributed by atoms with Crippen LogP contribution < -0.4 is 0 Å². The lowest BCUT2D eigenvalue weighted by atomic mass is 10.00. The second-order valence-corrected chi connectivity index (χ2v) is 15.4. The SMILES string of the molecule is c1ccc(-n2c3cc4ccccc4cc3c3c2ccc2c4cc5ccccc5cc4n(-c4nc(-c5ccc6ccccc6c5)c5ccc6ccccc6c5n4)c23)cc1.